The summed E-state index contributed by atoms with van der Waals surface area (Å²) in [5.41, 5.74) is 1.47. The average Bonchev–Trinajstić information content (AvgIpc) is 3.20. The van der Waals surface area contributed by atoms with E-state index in [1.165, 1.54) is 23.5 Å². The minimum Gasteiger partial charge on any atom is -0.494 e. The molecule has 0 radical (unpaired) electrons. The Hall–Kier alpha value is -2.67. The Morgan fingerprint density at radius 3 is 2.77 bits per heavy atom. The Morgan fingerprint density at radius 1 is 1.13 bits per heavy atom. The Morgan fingerprint density at radius 2 is 1.97 bits per heavy atom. The van der Waals surface area contributed by atoms with Gasteiger partial charge in [0.1, 0.15) is 11.6 Å². The number of hydrogen-bond acceptors (Lipinski definition) is 5. The molecule has 0 bridgehead atoms. The van der Waals surface area contributed by atoms with Crippen LogP contribution in [0.3, 0.4) is 0 Å². The number of fused-ring (bicyclic) bond motifs is 1. The topological polar surface area (TPSA) is 45.7 Å². The predicted octanol–water partition coefficient (Wildman–Crippen LogP) is 4.97. The lowest BCUT2D eigenvalue weighted by Crippen LogP contribution is -2.48. The molecule has 0 atom stereocenters. The molecule has 158 valence electrons. The SMILES string of the molecule is CCCCCOc1cccc(C(=O)N2CCN(c3nc4ccc(F)cc4s3)CC2)c1. The second-order valence-corrected chi connectivity index (χ2v) is 8.48. The molecule has 0 saturated carbocycles. The number of aromatic nitrogens is 1. The lowest BCUT2D eigenvalue weighted by Gasteiger charge is -2.34. The molecule has 1 aromatic heterocycles. The number of unbranched alkanes of at least 4 members (excludes halogenated alkanes) is 2. The molecule has 0 spiro atoms. The van der Waals surface area contributed by atoms with Crippen LogP contribution in [0, 0.1) is 5.82 Å². The number of rotatable bonds is 7. The van der Waals surface area contributed by atoms with E-state index in [1.807, 2.05) is 29.2 Å². The summed E-state index contributed by atoms with van der Waals surface area (Å²) >= 11 is 1.49. The van der Waals surface area contributed by atoms with E-state index < -0.39 is 0 Å². The third kappa shape index (κ3) is 4.73. The zero-order valence-corrected chi connectivity index (χ0v) is 18.0. The van der Waals surface area contributed by atoms with Crippen LogP contribution < -0.4 is 9.64 Å². The standard InChI is InChI=1S/C23H26FN3O2S/c1-2-3-4-14-29-19-7-5-6-17(15-19)22(28)26-10-12-27(13-11-26)23-25-20-9-8-18(24)16-21(20)30-23/h5-9,15-16H,2-4,10-14H2,1H3. The van der Waals surface area contributed by atoms with Crippen molar-refractivity contribution in [2.75, 3.05) is 37.7 Å². The number of thiazole rings is 1. The highest BCUT2D eigenvalue weighted by Gasteiger charge is 2.24. The smallest absolute Gasteiger partial charge is 0.254 e. The maximum atomic E-state index is 13.4. The summed E-state index contributed by atoms with van der Waals surface area (Å²) in [4.78, 5) is 21.6. The van der Waals surface area contributed by atoms with Crippen molar-refractivity contribution < 1.29 is 13.9 Å². The summed E-state index contributed by atoms with van der Waals surface area (Å²) < 4.78 is 20.1. The molecule has 1 fully saturated rings. The number of hydrogen-bond donors (Lipinski definition) is 0. The van der Waals surface area contributed by atoms with Gasteiger partial charge < -0.3 is 14.5 Å². The molecule has 2 aromatic carbocycles. The highest BCUT2D eigenvalue weighted by atomic mass is 32.1. The van der Waals surface area contributed by atoms with Crippen molar-refractivity contribution in [1.82, 2.24) is 9.88 Å². The van der Waals surface area contributed by atoms with Crippen LogP contribution in [0.5, 0.6) is 5.75 Å². The van der Waals surface area contributed by atoms with E-state index in [9.17, 15) is 9.18 Å². The second-order valence-electron chi connectivity index (χ2n) is 7.47. The summed E-state index contributed by atoms with van der Waals surface area (Å²) in [7, 11) is 0. The van der Waals surface area contributed by atoms with Gasteiger partial charge in [-0.15, -0.1) is 0 Å². The lowest BCUT2D eigenvalue weighted by atomic mass is 10.1. The van der Waals surface area contributed by atoms with E-state index in [1.54, 1.807) is 6.07 Å². The highest BCUT2D eigenvalue weighted by Crippen LogP contribution is 2.30. The highest BCUT2D eigenvalue weighted by molar-refractivity contribution is 7.22. The van der Waals surface area contributed by atoms with Crippen molar-refractivity contribution in [1.29, 1.82) is 0 Å². The van der Waals surface area contributed by atoms with Gasteiger partial charge in [0.25, 0.3) is 5.91 Å². The molecule has 0 unspecified atom stereocenters. The van der Waals surface area contributed by atoms with Crippen molar-refractivity contribution in [2.45, 2.75) is 26.2 Å². The van der Waals surface area contributed by atoms with E-state index in [-0.39, 0.29) is 11.7 Å². The molecule has 1 saturated heterocycles. The van der Waals surface area contributed by atoms with Gasteiger partial charge in [0.15, 0.2) is 5.13 Å². The maximum absolute atomic E-state index is 13.4. The number of halogens is 1. The number of nitrogens with zero attached hydrogens (tertiary/aromatic N) is 3. The van der Waals surface area contributed by atoms with Gasteiger partial charge in [-0.05, 0) is 42.8 Å². The quantitative estimate of drug-likeness (QED) is 0.500. The number of ether oxygens (including phenoxy) is 1. The third-order valence-corrected chi connectivity index (χ3v) is 6.35. The van der Waals surface area contributed by atoms with Crippen molar-refractivity contribution in [3.05, 3.63) is 53.8 Å². The Bertz CT molecular complexity index is 1010. The Balaban J connectivity index is 1.35. The molecule has 2 heterocycles. The van der Waals surface area contributed by atoms with Crippen molar-refractivity contribution in [3.8, 4) is 5.75 Å². The minimum absolute atomic E-state index is 0.0278. The number of piperazine rings is 1. The zero-order chi connectivity index (χ0) is 20.9. The van der Waals surface area contributed by atoms with Crippen molar-refractivity contribution in [2.24, 2.45) is 0 Å². The third-order valence-electron chi connectivity index (χ3n) is 5.27. The van der Waals surface area contributed by atoms with E-state index in [0.29, 0.717) is 38.3 Å². The van der Waals surface area contributed by atoms with Crippen LogP contribution in [0.1, 0.15) is 36.5 Å². The molecule has 4 rings (SSSR count). The fourth-order valence-electron chi connectivity index (χ4n) is 3.57. The summed E-state index contributed by atoms with van der Waals surface area (Å²) in [5, 5.41) is 0.880. The molecular weight excluding hydrogens is 401 g/mol. The lowest BCUT2D eigenvalue weighted by molar-refractivity contribution is 0.0746. The Labute approximate surface area is 180 Å². The first-order chi connectivity index (χ1) is 14.6. The molecule has 1 aliphatic heterocycles. The minimum atomic E-state index is -0.246. The van der Waals surface area contributed by atoms with Gasteiger partial charge in [0.05, 0.1) is 16.8 Å². The van der Waals surface area contributed by atoms with Gasteiger partial charge in [0.2, 0.25) is 0 Å². The maximum Gasteiger partial charge on any atom is 0.254 e. The van der Waals surface area contributed by atoms with Crippen molar-refractivity contribution >= 4 is 32.6 Å². The molecule has 3 aromatic rings. The number of carbonyl (C=O) groups is 1. The summed E-state index contributed by atoms with van der Waals surface area (Å²) in [6.07, 6.45) is 3.32. The van der Waals surface area contributed by atoms with Gasteiger partial charge in [-0.1, -0.05) is 37.2 Å². The monoisotopic (exact) mass is 427 g/mol. The van der Waals surface area contributed by atoms with E-state index in [0.717, 1.165) is 40.4 Å². The number of anilines is 1. The van der Waals surface area contributed by atoms with Crippen LogP contribution in [0.15, 0.2) is 42.5 Å². The normalized spacial score (nSPS) is 14.3. The largest absolute Gasteiger partial charge is 0.494 e. The zero-order valence-electron chi connectivity index (χ0n) is 17.1. The molecule has 1 amide bonds. The van der Waals surface area contributed by atoms with Crippen LogP contribution in [-0.4, -0.2) is 48.6 Å². The molecular formula is C23H26FN3O2S. The van der Waals surface area contributed by atoms with Crippen LogP contribution in [0.4, 0.5) is 9.52 Å². The first kappa shape index (κ1) is 20.6. The fourth-order valence-corrected chi connectivity index (χ4v) is 4.61. The van der Waals surface area contributed by atoms with Gasteiger partial charge in [0, 0.05) is 31.7 Å². The van der Waals surface area contributed by atoms with E-state index in [2.05, 4.69) is 16.8 Å². The molecule has 7 heteroatoms. The van der Waals surface area contributed by atoms with Crippen LogP contribution in [0.25, 0.3) is 10.2 Å². The van der Waals surface area contributed by atoms with E-state index in [4.69, 9.17) is 4.74 Å². The first-order valence-electron chi connectivity index (χ1n) is 10.5. The van der Waals surface area contributed by atoms with Crippen molar-refractivity contribution in [3.63, 3.8) is 0 Å². The molecule has 0 N–H and O–H groups in total. The van der Waals surface area contributed by atoms with Gasteiger partial charge in [-0.25, -0.2) is 9.37 Å². The molecule has 0 aliphatic carbocycles. The summed E-state index contributed by atoms with van der Waals surface area (Å²) in [5.74, 6) is 0.530. The predicted molar refractivity (Wildman–Crippen MR) is 119 cm³/mol. The fraction of sp³-hybridized carbons (Fsp3) is 0.391. The number of amides is 1. The van der Waals surface area contributed by atoms with Crippen LogP contribution >= 0.6 is 11.3 Å². The van der Waals surface area contributed by atoms with E-state index >= 15 is 0 Å². The van der Waals surface area contributed by atoms with Gasteiger partial charge in [-0.2, -0.15) is 0 Å². The summed E-state index contributed by atoms with van der Waals surface area (Å²) in [6, 6.07) is 12.1. The Kier molecular flexibility index (Phi) is 6.47. The number of benzene rings is 2. The first-order valence-corrected chi connectivity index (χ1v) is 11.3. The molecule has 30 heavy (non-hydrogen) atoms. The molecule has 1 aliphatic rings. The summed E-state index contributed by atoms with van der Waals surface area (Å²) in [6.45, 7) is 5.52. The average molecular weight is 428 g/mol. The van der Waals surface area contributed by atoms with Crippen LogP contribution in [-0.2, 0) is 0 Å². The second kappa shape index (κ2) is 9.43. The molecule has 5 nitrogen and oxygen atoms in total. The van der Waals surface area contributed by atoms with Crippen LogP contribution in [0.2, 0.25) is 0 Å². The van der Waals surface area contributed by atoms with Gasteiger partial charge >= 0.3 is 0 Å². The number of carbonyl (C=O) groups excluding carboxylic acids is 1. The van der Waals surface area contributed by atoms with Gasteiger partial charge in [-0.3, -0.25) is 4.79 Å².